The van der Waals surface area contributed by atoms with Crippen molar-refractivity contribution in [2.45, 2.75) is 31.2 Å². The van der Waals surface area contributed by atoms with Gasteiger partial charge in [-0.3, -0.25) is 9.59 Å². The highest BCUT2D eigenvalue weighted by Gasteiger charge is 2.16. The summed E-state index contributed by atoms with van der Waals surface area (Å²) in [7, 11) is -2.24. The Hall–Kier alpha value is -3.31. The fourth-order valence-corrected chi connectivity index (χ4v) is 5.59. The molecule has 2 aromatic carbocycles. The summed E-state index contributed by atoms with van der Waals surface area (Å²) in [5, 5.41) is 0. The zero-order valence-electron chi connectivity index (χ0n) is 18.7. The van der Waals surface area contributed by atoms with Crippen LogP contribution in [-0.4, -0.2) is 50.3 Å². The molecule has 0 bridgehead atoms. The van der Waals surface area contributed by atoms with Gasteiger partial charge in [-0.25, -0.2) is 13.2 Å². The van der Waals surface area contributed by atoms with E-state index >= 15 is 0 Å². The Balaban J connectivity index is 1.84. The van der Waals surface area contributed by atoms with Gasteiger partial charge in [0.2, 0.25) is 5.91 Å². The summed E-state index contributed by atoms with van der Waals surface area (Å²) in [6.45, 7) is 1.77. The number of hydrogen-bond donors (Lipinski definition) is 0. The lowest BCUT2D eigenvalue weighted by Gasteiger charge is -2.05. The minimum absolute atomic E-state index is 0.0768. The molecule has 3 aromatic rings. The van der Waals surface area contributed by atoms with E-state index in [1.165, 1.54) is 23.8 Å². The molecule has 1 aromatic heterocycles. The van der Waals surface area contributed by atoms with Crippen molar-refractivity contribution < 1.29 is 32.3 Å². The van der Waals surface area contributed by atoms with Crippen LogP contribution in [0.25, 0.3) is 10.2 Å². The number of fused-ring (bicyclic) bond motifs is 1. The number of amides is 1. The van der Waals surface area contributed by atoms with Crippen molar-refractivity contribution in [1.82, 2.24) is 4.57 Å². The summed E-state index contributed by atoms with van der Waals surface area (Å²) in [5.41, 5.74) is 0.937. The maximum absolute atomic E-state index is 12.5. The second kappa shape index (κ2) is 11.2. The van der Waals surface area contributed by atoms with Crippen molar-refractivity contribution in [3.63, 3.8) is 0 Å². The van der Waals surface area contributed by atoms with Gasteiger partial charge in [0, 0.05) is 6.42 Å². The number of benzene rings is 2. The Morgan fingerprint density at radius 2 is 1.82 bits per heavy atom. The summed E-state index contributed by atoms with van der Waals surface area (Å²) >= 11 is 1.13. The van der Waals surface area contributed by atoms with E-state index in [0.717, 1.165) is 11.3 Å². The van der Waals surface area contributed by atoms with Crippen molar-refractivity contribution in [3.8, 4) is 0 Å². The standard InChI is InChI=1S/C23H24N2O7S2/c1-3-32-22(28)16-11-12-18-19(14-16)33-23(25(18)15-21(27)31-2)24-20(26)10-7-13-34(29,30)17-8-5-4-6-9-17/h4-6,8-9,11-12,14H,3,7,10,13,15H2,1-2H3. The van der Waals surface area contributed by atoms with E-state index in [1.54, 1.807) is 43.3 Å². The molecule has 0 radical (unpaired) electrons. The Kier molecular flexibility index (Phi) is 8.35. The van der Waals surface area contributed by atoms with Crippen LogP contribution in [0.3, 0.4) is 0 Å². The molecule has 0 spiro atoms. The second-order valence-electron chi connectivity index (χ2n) is 7.19. The zero-order valence-corrected chi connectivity index (χ0v) is 20.4. The maximum atomic E-state index is 12.5. The molecular formula is C23H24N2O7S2. The van der Waals surface area contributed by atoms with Gasteiger partial charge in [0.05, 0.1) is 40.1 Å². The van der Waals surface area contributed by atoms with E-state index in [9.17, 15) is 22.8 Å². The van der Waals surface area contributed by atoms with Crippen LogP contribution in [0.4, 0.5) is 0 Å². The first-order valence-corrected chi connectivity index (χ1v) is 12.9. The first-order valence-electron chi connectivity index (χ1n) is 10.5. The van der Waals surface area contributed by atoms with Gasteiger partial charge in [-0.2, -0.15) is 4.99 Å². The zero-order chi connectivity index (χ0) is 24.7. The molecule has 0 aliphatic rings. The summed E-state index contributed by atoms with van der Waals surface area (Å²) in [4.78, 5) is 41.1. The average Bonchev–Trinajstić information content (AvgIpc) is 3.15. The first kappa shape index (κ1) is 25.3. The molecule has 11 heteroatoms. The molecule has 0 saturated heterocycles. The number of thiazole rings is 1. The fourth-order valence-electron chi connectivity index (χ4n) is 3.17. The Morgan fingerprint density at radius 3 is 2.50 bits per heavy atom. The van der Waals surface area contributed by atoms with Gasteiger partial charge < -0.3 is 14.0 Å². The normalized spacial score (nSPS) is 12.0. The number of ether oxygens (including phenoxy) is 2. The third kappa shape index (κ3) is 6.17. The lowest BCUT2D eigenvalue weighted by atomic mass is 10.2. The largest absolute Gasteiger partial charge is 0.468 e. The average molecular weight is 505 g/mol. The number of aromatic nitrogens is 1. The molecule has 0 aliphatic heterocycles. The molecule has 0 saturated carbocycles. The number of nitrogens with zero attached hydrogens (tertiary/aromatic N) is 2. The van der Waals surface area contributed by atoms with Gasteiger partial charge in [-0.1, -0.05) is 29.5 Å². The predicted molar refractivity (Wildman–Crippen MR) is 126 cm³/mol. The van der Waals surface area contributed by atoms with E-state index in [4.69, 9.17) is 9.47 Å². The molecule has 9 nitrogen and oxygen atoms in total. The number of rotatable bonds is 9. The number of sulfone groups is 1. The molecule has 0 atom stereocenters. The molecule has 1 heterocycles. The third-order valence-electron chi connectivity index (χ3n) is 4.84. The highest BCUT2D eigenvalue weighted by Crippen LogP contribution is 2.20. The molecule has 0 aliphatic carbocycles. The van der Waals surface area contributed by atoms with Crippen molar-refractivity contribution in [1.29, 1.82) is 0 Å². The Labute approximate surface area is 200 Å². The number of methoxy groups -OCH3 is 1. The summed E-state index contributed by atoms with van der Waals surface area (Å²) in [6, 6.07) is 12.9. The fraction of sp³-hybridized carbons (Fsp3) is 0.304. The van der Waals surface area contributed by atoms with E-state index in [2.05, 4.69) is 4.99 Å². The third-order valence-corrected chi connectivity index (χ3v) is 7.69. The minimum atomic E-state index is -3.50. The van der Waals surface area contributed by atoms with Gasteiger partial charge in [-0.05, 0) is 43.7 Å². The second-order valence-corrected chi connectivity index (χ2v) is 10.3. The molecule has 180 valence electrons. The molecular weight excluding hydrogens is 480 g/mol. The number of hydrogen-bond acceptors (Lipinski definition) is 8. The van der Waals surface area contributed by atoms with Gasteiger partial charge in [-0.15, -0.1) is 0 Å². The van der Waals surface area contributed by atoms with Crippen LogP contribution in [0.2, 0.25) is 0 Å². The van der Waals surface area contributed by atoms with E-state index in [0.29, 0.717) is 15.8 Å². The first-order chi connectivity index (χ1) is 16.2. The summed E-state index contributed by atoms with van der Waals surface area (Å²) < 4.78 is 36.7. The number of carbonyl (C=O) groups excluding carboxylic acids is 3. The Bertz CT molecular complexity index is 1370. The van der Waals surface area contributed by atoms with Gasteiger partial charge in [0.1, 0.15) is 6.54 Å². The van der Waals surface area contributed by atoms with Crippen LogP contribution in [0.15, 0.2) is 58.4 Å². The Morgan fingerprint density at radius 1 is 1.09 bits per heavy atom. The van der Waals surface area contributed by atoms with Crippen LogP contribution in [0.1, 0.15) is 30.1 Å². The molecule has 1 amide bonds. The smallest absolute Gasteiger partial charge is 0.338 e. The van der Waals surface area contributed by atoms with Crippen molar-refractivity contribution in [2.75, 3.05) is 19.5 Å². The van der Waals surface area contributed by atoms with Crippen LogP contribution in [0, 0.1) is 0 Å². The number of carbonyl (C=O) groups is 3. The van der Waals surface area contributed by atoms with E-state index < -0.39 is 27.7 Å². The van der Waals surface area contributed by atoms with Crippen LogP contribution < -0.4 is 4.80 Å². The summed E-state index contributed by atoms with van der Waals surface area (Å²) in [6.07, 6.45) is 0.0288. The highest BCUT2D eigenvalue weighted by molar-refractivity contribution is 7.91. The number of esters is 2. The minimum Gasteiger partial charge on any atom is -0.468 e. The van der Waals surface area contributed by atoms with Crippen LogP contribution in [-0.2, 0) is 35.4 Å². The van der Waals surface area contributed by atoms with E-state index in [-0.39, 0.29) is 41.4 Å². The summed E-state index contributed by atoms with van der Waals surface area (Å²) in [5.74, 6) is -1.71. The van der Waals surface area contributed by atoms with Crippen LogP contribution in [0.5, 0.6) is 0 Å². The van der Waals surface area contributed by atoms with Crippen molar-refractivity contribution in [2.24, 2.45) is 4.99 Å². The molecule has 0 N–H and O–H groups in total. The molecule has 34 heavy (non-hydrogen) atoms. The molecule has 0 fully saturated rings. The monoisotopic (exact) mass is 504 g/mol. The van der Waals surface area contributed by atoms with E-state index in [1.807, 2.05) is 0 Å². The molecule has 0 unspecified atom stereocenters. The van der Waals surface area contributed by atoms with Gasteiger partial charge in [0.15, 0.2) is 14.6 Å². The predicted octanol–water partition coefficient (Wildman–Crippen LogP) is 2.73. The molecule has 3 rings (SSSR count). The van der Waals surface area contributed by atoms with Crippen molar-refractivity contribution in [3.05, 3.63) is 58.9 Å². The lowest BCUT2D eigenvalue weighted by Crippen LogP contribution is -2.22. The lowest BCUT2D eigenvalue weighted by molar-refractivity contribution is -0.141. The maximum Gasteiger partial charge on any atom is 0.338 e. The topological polar surface area (TPSA) is 121 Å². The van der Waals surface area contributed by atoms with Gasteiger partial charge in [0.25, 0.3) is 0 Å². The van der Waals surface area contributed by atoms with Gasteiger partial charge >= 0.3 is 11.9 Å². The highest BCUT2D eigenvalue weighted by atomic mass is 32.2. The SMILES string of the molecule is CCOC(=O)c1ccc2c(c1)sc(=NC(=O)CCCS(=O)(=O)c1ccccc1)n2CC(=O)OC. The quantitative estimate of drug-likeness (QED) is 0.411. The van der Waals surface area contributed by atoms with Crippen LogP contribution >= 0.6 is 11.3 Å². The van der Waals surface area contributed by atoms with Crippen molar-refractivity contribution >= 4 is 49.2 Å².